The number of ether oxygens (including phenoxy) is 1. The molecule has 1 spiro atoms. The monoisotopic (exact) mass is 399 g/mol. The number of nitrogens with zero attached hydrogens (tertiary/aromatic N) is 2. The second kappa shape index (κ2) is 5.82. The average molecular weight is 400 g/mol. The van der Waals surface area contributed by atoms with E-state index in [1.165, 1.54) is 24.5 Å². The zero-order valence-electron chi connectivity index (χ0n) is 13.9. The van der Waals surface area contributed by atoms with Crippen LogP contribution in [0.2, 0.25) is 5.02 Å². The molecule has 1 aromatic heterocycles. The second-order valence-electron chi connectivity index (χ2n) is 6.66. The van der Waals surface area contributed by atoms with Crippen molar-refractivity contribution in [3.63, 3.8) is 0 Å². The van der Waals surface area contributed by atoms with Gasteiger partial charge in [-0.15, -0.1) is 0 Å². The van der Waals surface area contributed by atoms with Crippen molar-refractivity contribution in [1.29, 1.82) is 0 Å². The molecular weight excluding hydrogens is 386 g/mol. The van der Waals surface area contributed by atoms with Crippen LogP contribution in [-0.4, -0.2) is 23.5 Å². The Hall–Kier alpha value is -2.35. The van der Waals surface area contributed by atoms with Crippen LogP contribution in [0.5, 0.6) is 0 Å². The third-order valence-corrected chi connectivity index (χ3v) is 5.21. The van der Waals surface area contributed by atoms with Gasteiger partial charge in [0.2, 0.25) is 0 Å². The van der Waals surface area contributed by atoms with Crippen molar-refractivity contribution in [1.82, 2.24) is 4.98 Å². The van der Waals surface area contributed by atoms with Crippen LogP contribution in [0.25, 0.3) is 11.1 Å². The van der Waals surface area contributed by atoms with Gasteiger partial charge >= 0.3 is 5.92 Å². The highest BCUT2D eigenvalue weighted by molar-refractivity contribution is 6.30. The zero-order chi connectivity index (χ0) is 19.4. The van der Waals surface area contributed by atoms with Crippen LogP contribution in [-0.2, 0) is 16.2 Å². The van der Waals surface area contributed by atoms with Crippen molar-refractivity contribution in [3.05, 3.63) is 52.8 Å². The fourth-order valence-corrected chi connectivity index (χ4v) is 3.82. The van der Waals surface area contributed by atoms with E-state index in [1.807, 2.05) is 0 Å². The highest BCUT2D eigenvalue weighted by Crippen LogP contribution is 2.56. The number of amidine groups is 1. The van der Waals surface area contributed by atoms with Crippen LogP contribution in [0.1, 0.15) is 24.0 Å². The number of alkyl halides is 4. The van der Waals surface area contributed by atoms with Crippen molar-refractivity contribution in [3.8, 4) is 11.1 Å². The number of rotatable bonds is 1. The molecule has 1 unspecified atom stereocenters. The first kappa shape index (κ1) is 18.0. The van der Waals surface area contributed by atoms with Crippen LogP contribution < -0.4 is 5.73 Å². The molecular formula is C18H14ClF4N3O. The molecule has 0 saturated carbocycles. The molecule has 2 aliphatic rings. The van der Waals surface area contributed by atoms with Crippen molar-refractivity contribution in [2.24, 2.45) is 10.7 Å². The Morgan fingerprint density at radius 3 is 2.52 bits per heavy atom. The van der Waals surface area contributed by atoms with Gasteiger partial charge in [-0.3, -0.25) is 4.98 Å². The molecule has 1 atom stereocenters. The lowest BCUT2D eigenvalue weighted by Crippen LogP contribution is -2.55. The van der Waals surface area contributed by atoms with Gasteiger partial charge < -0.3 is 10.5 Å². The first-order chi connectivity index (χ1) is 12.6. The van der Waals surface area contributed by atoms with Gasteiger partial charge in [0.05, 0.1) is 5.02 Å². The molecule has 0 fully saturated rings. The standard InChI is InChI=1S/C18H14ClF4N3O/c19-12-5-11(7-25-8-12)10-1-2-13-14(6-10)16(3-4-17(13,20)21)18(22,23)9-27-15(24)26-16/h1-2,5-8H,3-4,9H2,(H2,24,26). The van der Waals surface area contributed by atoms with Gasteiger partial charge in [-0.2, -0.15) is 8.78 Å². The SMILES string of the molecule is NC1=NC2(CCC(F)(F)c3ccc(-c4cncc(Cl)c4)cc32)C(F)(F)CO1. The Morgan fingerprint density at radius 1 is 1.00 bits per heavy atom. The summed E-state index contributed by atoms with van der Waals surface area (Å²) in [5, 5.41) is 0.337. The number of aliphatic imine (C=N–C) groups is 1. The largest absolute Gasteiger partial charge is 0.459 e. The normalized spacial score (nSPS) is 25.4. The second-order valence-corrected chi connectivity index (χ2v) is 7.10. The molecule has 2 aromatic rings. The molecule has 27 heavy (non-hydrogen) atoms. The Kier molecular flexibility index (Phi) is 3.89. The minimum atomic E-state index is -3.49. The lowest BCUT2D eigenvalue weighted by molar-refractivity contribution is -0.143. The predicted octanol–water partition coefficient (Wildman–Crippen LogP) is 4.46. The van der Waals surface area contributed by atoms with Gasteiger partial charge in [0.25, 0.3) is 11.9 Å². The minimum Gasteiger partial charge on any atom is -0.459 e. The summed E-state index contributed by atoms with van der Waals surface area (Å²) in [4.78, 5) is 7.78. The van der Waals surface area contributed by atoms with Gasteiger partial charge in [0.1, 0.15) is 0 Å². The van der Waals surface area contributed by atoms with Crippen LogP contribution >= 0.6 is 11.6 Å². The first-order valence-corrected chi connectivity index (χ1v) is 8.52. The van der Waals surface area contributed by atoms with Crippen LogP contribution in [0, 0.1) is 0 Å². The Labute approximate surface area is 157 Å². The van der Waals surface area contributed by atoms with Crippen LogP contribution in [0.15, 0.2) is 41.7 Å². The third kappa shape index (κ3) is 2.74. The smallest absolute Gasteiger partial charge is 0.310 e. The fourth-order valence-electron chi connectivity index (χ4n) is 3.64. The maximum Gasteiger partial charge on any atom is 0.310 e. The van der Waals surface area contributed by atoms with E-state index in [-0.39, 0.29) is 5.56 Å². The molecule has 4 nitrogen and oxygen atoms in total. The summed E-state index contributed by atoms with van der Waals surface area (Å²) in [5.41, 5.74) is 3.54. The van der Waals surface area contributed by atoms with Crippen LogP contribution in [0.4, 0.5) is 17.6 Å². The van der Waals surface area contributed by atoms with E-state index >= 15 is 0 Å². The highest BCUT2D eigenvalue weighted by atomic mass is 35.5. The molecule has 9 heteroatoms. The molecule has 2 heterocycles. The number of pyridine rings is 1. The summed E-state index contributed by atoms with van der Waals surface area (Å²) in [7, 11) is 0. The molecule has 1 aliphatic heterocycles. The van der Waals surface area contributed by atoms with E-state index in [2.05, 4.69) is 14.7 Å². The summed E-state index contributed by atoms with van der Waals surface area (Å²) in [6.07, 6.45) is 1.57. The maximum atomic E-state index is 14.9. The molecule has 0 saturated heterocycles. The summed E-state index contributed by atoms with van der Waals surface area (Å²) in [5.74, 6) is -6.74. The molecule has 142 valence electrons. The van der Waals surface area contributed by atoms with Gasteiger partial charge in [0.15, 0.2) is 12.1 Å². The fraction of sp³-hybridized carbons (Fsp3) is 0.333. The first-order valence-electron chi connectivity index (χ1n) is 8.14. The van der Waals surface area contributed by atoms with Crippen LogP contribution in [0.3, 0.4) is 0 Å². The molecule has 4 rings (SSSR count). The van der Waals surface area contributed by atoms with Gasteiger partial charge in [-0.25, -0.2) is 13.8 Å². The van der Waals surface area contributed by atoms with Crippen molar-refractivity contribution in [2.45, 2.75) is 30.2 Å². The molecule has 0 bridgehead atoms. The topological polar surface area (TPSA) is 60.5 Å². The number of hydrogen-bond acceptors (Lipinski definition) is 4. The van der Waals surface area contributed by atoms with Gasteiger partial charge in [-0.1, -0.05) is 23.7 Å². The summed E-state index contributed by atoms with van der Waals surface area (Å²) >= 11 is 5.93. The number of benzene rings is 1. The van der Waals surface area contributed by atoms with E-state index in [0.717, 1.165) is 6.07 Å². The van der Waals surface area contributed by atoms with E-state index in [4.69, 9.17) is 17.3 Å². The lowest BCUT2D eigenvalue weighted by atomic mass is 9.70. The van der Waals surface area contributed by atoms with E-state index in [0.29, 0.717) is 16.1 Å². The molecule has 0 amide bonds. The Morgan fingerprint density at radius 2 is 1.78 bits per heavy atom. The minimum absolute atomic E-state index is 0.257. The number of halogens is 5. The Balaban J connectivity index is 1.98. The van der Waals surface area contributed by atoms with Crippen molar-refractivity contribution < 1.29 is 22.3 Å². The van der Waals surface area contributed by atoms with Crippen molar-refractivity contribution >= 4 is 17.6 Å². The highest BCUT2D eigenvalue weighted by Gasteiger charge is 2.63. The summed E-state index contributed by atoms with van der Waals surface area (Å²) in [6.45, 7) is -1.02. The van der Waals surface area contributed by atoms with Crippen molar-refractivity contribution in [2.75, 3.05) is 6.61 Å². The van der Waals surface area contributed by atoms with E-state index in [1.54, 1.807) is 6.07 Å². The number of aromatic nitrogens is 1. The lowest BCUT2D eigenvalue weighted by Gasteiger charge is -2.45. The Bertz CT molecular complexity index is 950. The maximum absolute atomic E-state index is 14.9. The molecule has 1 aromatic carbocycles. The number of hydrogen-bond donors (Lipinski definition) is 1. The molecule has 0 radical (unpaired) electrons. The van der Waals surface area contributed by atoms with Gasteiger partial charge in [0, 0.05) is 29.9 Å². The number of nitrogens with two attached hydrogens (primary N) is 1. The zero-order valence-corrected chi connectivity index (χ0v) is 14.6. The molecule has 1 aliphatic carbocycles. The molecule has 2 N–H and O–H groups in total. The van der Waals surface area contributed by atoms with Gasteiger partial charge in [-0.05, 0) is 29.7 Å². The predicted molar refractivity (Wildman–Crippen MR) is 92.0 cm³/mol. The third-order valence-electron chi connectivity index (χ3n) is 5.01. The van der Waals surface area contributed by atoms with E-state index in [9.17, 15) is 17.6 Å². The summed E-state index contributed by atoms with van der Waals surface area (Å²) < 4.78 is 63.4. The number of fused-ring (bicyclic) bond motifs is 2. The summed E-state index contributed by atoms with van der Waals surface area (Å²) in [6, 6.07) is 5.02. The quantitative estimate of drug-likeness (QED) is 0.720. The van der Waals surface area contributed by atoms with E-state index < -0.39 is 48.4 Å². The average Bonchev–Trinajstić information content (AvgIpc) is 2.61.